The Hall–Kier alpha value is -0.890. The van der Waals surface area contributed by atoms with E-state index in [1.807, 2.05) is 6.20 Å². The molecule has 1 aliphatic carbocycles. The lowest BCUT2D eigenvalue weighted by Crippen LogP contribution is -2.40. The van der Waals surface area contributed by atoms with Crippen LogP contribution in [0.25, 0.3) is 0 Å². The molecule has 2 nitrogen and oxygen atoms in total. The highest BCUT2D eigenvalue weighted by Gasteiger charge is 2.32. The van der Waals surface area contributed by atoms with Gasteiger partial charge in [-0.25, -0.2) is 0 Å². The summed E-state index contributed by atoms with van der Waals surface area (Å²) >= 11 is 0. The zero-order valence-corrected chi connectivity index (χ0v) is 11.9. The van der Waals surface area contributed by atoms with Crippen LogP contribution in [0, 0.1) is 5.92 Å². The van der Waals surface area contributed by atoms with Gasteiger partial charge in [-0.2, -0.15) is 0 Å². The lowest BCUT2D eigenvalue weighted by Gasteiger charge is -2.30. The van der Waals surface area contributed by atoms with E-state index in [4.69, 9.17) is 0 Å². The normalized spacial score (nSPS) is 21.6. The number of aromatic nitrogens is 1. The predicted octanol–water partition coefficient (Wildman–Crippen LogP) is 3.53. The van der Waals surface area contributed by atoms with Crippen LogP contribution < -0.4 is 5.32 Å². The standard InChI is InChI=1S/C16H26N2/c1-4-10-17-15(12(3)5-2)14-9-8-13-7-6-11-18-16(13)14/h6-7,11-12,14-15,17H,4-5,8-10H2,1-3H3. The van der Waals surface area contributed by atoms with Crippen LogP contribution in [0.3, 0.4) is 0 Å². The molecule has 100 valence electrons. The van der Waals surface area contributed by atoms with Gasteiger partial charge in [0.05, 0.1) is 0 Å². The third-order valence-corrected chi connectivity index (χ3v) is 4.32. The summed E-state index contributed by atoms with van der Waals surface area (Å²) < 4.78 is 0. The second kappa shape index (κ2) is 6.33. The fourth-order valence-electron chi connectivity index (χ4n) is 3.10. The van der Waals surface area contributed by atoms with Crippen molar-refractivity contribution in [1.82, 2.24) is 10.3 Å². The summed E-state index contributed by atoms with van der Waals surface area (Å²) in [6.07, 6.45) is 6.85. The minimum atomic E-state index is 0.589. The predicted molar refractivity (Wildman–Crippen MR) is 76.8 cm³/mol. The first-order chi connectivity index (χ1) is 8.77. The van der Waals surface area contributed by atoms with Crippen molar-refractivity contribution in [2.75, 3.05) is 6.54 Å². The molecule has 0 radical (unpaired) electrons. The molecule has 0 spiro atoms. The molecule has 0 aromatic carbocycles. The Morgan fingerprint density at radius 1 is 1.44 bits per heavy atom. The summed E-state index contributed by atoms with van der Waals surface area (Å²) in [4.78, 5) is 4.65. The molecule has 3 atom stereocenters. The number of aryl methyl sites for hydroxylation is 1. The third kappa shape index (κ3) is 2.74. The smallest absolute Gasteiger partial charge is 0.0482 e. The van der Waals surface area contributed by atoms with E-state index in [2.05, 4.69) is 43.2 Å². The van der Waals surface area contributed by atoms with E-state index in [0.29, 0.717) is 12.0 Å². The summed E-state index contributed by atoms with van der Waals surface area (Å²) in [5.74, 6) is 1.33. The van der Waals surface area contributed by atoms with Crippen LogP contribution in [0.5, 0.6) is 0 Å². The zero-order chi connectivity index (χ0) is 13.0. The maximum absolute atomic E-state index is 4.65. The van der Waals surface area contributed by atoms with Crippen molar-refractivity contribution in [2.45, 2.75) is 58.4 Å². The minimum Gasteiger partial charge on any atom is -0.313 e. The van der Waals surface area contributed by atoms with E-state index in [0.717, 1.165) is 12.5 Å². The van der Waals surface area contributed by atoms with Gasteiger partial charge >= 0.3 is 0 Å². The van der Waals surface area contributed by atoms with E-state index in [9.17, 15) is 0 Å². The van der Waals surface area contributed by atoms with Crippen molar-refractivity contribution in [3.8, 4) is 0 Å². The molecule has 0 fully saturated rings. The quantitative estimate of drug-likeness (QED) is 0.830. The Balaban J connectivity index is 2.16. The first kappa shape index (κ1) is 13.5. The van der Waals surface area contributed by atoms with Gasteiger partial charge < -0.3 is 5.32 Å². The molecule has 1 aliphatic rings. The molecule has 3 unspecified atom stereocenters. The van der Waals surface area contributed by atoms with E-state index in [1.54, 1.807) is 0 Å². The Kier molecular flexibility index (Phi) is 4.76. The van der Waals surface area contributed by atoms with E-state index >= 15 is 0 Å². The third-order valence-electron chi connectivity index (χ3n) is 4.32. The molecule has 18 heavy (non-hydrogen) atoms. The fourth-order valence-corrected chi connectivity index (χ4v) is 3.10. The van der Waals surface area contributed by atoms with E-state index < -0.39 is 0 Å². The summed E-state index contributed by atoms with van der Waals surface area (Å²) in [5.41, 5.74) is 2.82. The molecule has 0 bridgehead atoms. The SMILES string of the molecule is CCCNC(C(C)CC)C1CCc2cccnc21. The Morgan fingerprint density at radius 2 is 2.28 bits per heavy atom. The van der Waals surface area contributed by atoms with Crippen LogP contribution in [0.2, 0.25) is 0 Å². The van der Waals surface area contributed by atoms with Crippen molar-refractivity contribution < 1.29 is 0 Å². The molecule has 0 amide bonds. The van der Waals surface area contributed by atoms with Crippen molar-refractivity contribution in [2.24, 2.45) is 5.92 Å². The monoisotopic (exact) mass is 246 g/mol. The van der Waals surface area contributed by atoms with Crippen molar-refractivity contribution >= 4 is 0 Å². The van der Waals surface area contributed by atoms with E-state index in [1.165, 1.54) is 36.9 Å². The fraction of sp³-hybridized carbons (Fsp3) is 0.688. The van der Waals surface area contributed by atoms with Crippen LogP contribution in [-0.2, 0) is 6.42 Å². The summed E-state index contributed by atoms with van der Waals surface area (Å²) in [6, 6.07) is 4.90. The van der Waals surface area contributed by atoms with Gasteiger partial charge in [0.15, 0.2) is 0 Å². The van der Waals surface area contributed by atoms with Crippen molar-refractivity contribution in [1.29, 1.82) is 0 Å². The van der Waals surface area contributed by atoms with Crippen molar-refractivity contribution in [3.05, 3.63) is 29.6 Å². The van der Waals surface area contributed by atoms with Gasteiger partial charge in [-0.1, -0.05) is 33.3 Å². The molecule has 1 N–H and O–H groups in total. The van der Waals surface area contributed by atoms with Gasteiger partial charge in [0.1, 0.15) is 0 Å². The number of nitrogens with one attached hydrogen (secondary N) is 1. The number of hydrogen-bond donors (Lipinski definition) is 1. The summed E-state index contributed by atoms with van der Waals surface area (Å²) in [7, 11) is 0. The maximum Gasteiger partial charge on any atom is 0.0482 e. The van der Waals surface area contributed by atoms with Gasteiger partial charge in [-0.3, -0.25) is 4.98 Å². The molecule has 1 aromatic heterocycles. The van der Waals surface area contributed by atoms with Gasteiger partial charge in [0.2, 0.25) is 0 Å². The average molecular weight is 246 g/mol. The Bertz CT molecular complexity index is 375. The molecule has 0 aliphatic heterocycles. The van der Waals surface area contributed by atoms with Gasteiger partial charge in [0, 0.05) is 23.9 Å². The Labute approximate surface area is 111 Å². The van der Waals surface area contributed by atoms with Gasteiger partial charge in [-0.05, 0) is 43.4 Å². The first-order valence-corrected chi connectivity index (χ1v) is 7.45. The zero-order valence-electron chi connectivity index (χ0n) is 11.9. The number of fused-ring (bicyclic) bond motifs is 1. The summed E-state index contributed by atoms with van der Waals surface area (Å²) in [5, 5.41) is 3.76. The van der Waals surface area contributed by atoms with Crippen LogP contribution in [0.15, 0.2) is 18.3 Å². The maximum atomic E-state index is 4.65. The van der Waals surface area contributed by atoms with Crippen LogP contribution >= 0.6 is 0 Å². The highest BCUT2D eigenvalue weighted by atomic mass is 14.9. The topological polar surface area (TPSA) is 24.9 Å². The average Bonchev–Trinajstić information content (AvgIpc) is 2.83. The number of hydrogen-bond acceptors (Lipinski definition) is 2. The highest BCUT2D eigenvalue weighted by Crippen LogP contribution is 2.36. The number of rotatable bonds is 6. The molecule has 0 saturated heterocycles. The lowest BCUT2D eigenvalue weighted by molar-refractivity contribution is 0.312. The number of nitrogens with zero attached hydrogens (tertiary/aromatic N) is 1. The molecular weight excluding hydrogens is 220 g/mol. The minimum absolute atomic E-state index is 0.589. The molecule has 1 heterocycles. The van der Waals surface area contributed by atoms with Crippen LogP contribution in [-0.4, -0.2) is 17.6 Å². The first-order valence-electron chi connectivity index (χ1n) is 7.45. The largest absolute Gasteiger partial charge is 0.313 e. The molecule has 2 rings (SSSR count). The van der Waals surface area contributed by atoms with Crippen LogP contribution in [0.4, 0.5) is 0 Å². The highest BCUT2D eigenvalue weighted by molar-refractivity contribution is 5.30. The van der Waals surface area contributed by atoms with E-state index in [-0.39, 0.29) is 0 Å². The lowest BCUT2D eigenvalue weighted by atomic mass is 9.86. The van der Waals surface area contributed by atoms with Crippen molar-refractivity contribution in [3.63, 3.8) is 0 Å². The summed E-state index contributed by atoms with van der Waals surface area (Å²) in [6.45, 7) is 8.02. The number of pyridine rings is 1. The molecule has 2 heteroatoms. The van der Waals surface area contributed by atoms with Gasteiger partial charge in [-0.15, -0.1) is 0 Å². The van der Waals surface area contributed by atoms with Crippen LogP contribution in [0.1, 0.15) is 57.2 Å². The Morgan fingerprint density at radius 3 is 3.00 bits per heavy atom. The second-order valence-corrected chi connectivity index (χ2v) is 5.56. The second-order valence-electron chi connectivity index (χ2n) is 5.56. The van der Waals surface area contributed by atoms with Gasteiger partial charge in [0.25, 0.3) is 0 Å². The molecule has 0 saturated carbocycles. The molecular formula is C16H26N2. The molecule has 1 aromatic rings.